The van der Waals surface area contributed by atoms with Gasteiger partial charge >= 0.3 is 5.97 Å². The Bertz CT molecular complexity index is 1120. The zero-order valence-electron chi connectivity index (χ0n) is 18.4. The lowest BCUT2D eigenvalue weighted by Gasteiger charge is -2.17. The minimum Gasteiger partial charge on any atom is -0.479 e. The summed E-state index contributed by atoms with van der Waals surface area (Å²) in [7, 11) is 0. The van der Waals surface area contributed by atoms with Gasteiger partial charge in [-0.05, 0) is 56.2 Å². The van der Waals surface area contributed by atoms with Crippen LogP contribution >= 0.6 is 0 Å². The Morgan fingerprint density at radius 2 is 1.81 bits per heavy atom. The molecule has 1 aromatic heterocycles. The first-order chi connectivity index (χ1) is 15.1. The quantitative estimate of drug-likeness (QED) is 0.485. The summed E-state index contributed by atoms with van der Waals surface area (Å²) in [5, 5.41) is 19.1. The summed E-state index contributed by atoms with van der Waals surface area (Å²) in [5.41, 5.74) is 1.77. The molecule has 1 atom stereocenters. The van der Waals surface area contributed by atoms with Crippen LogP contribution in [0.25, 0.3) is 6.08 Å². The number of ether oxygens (including phenoxy) is 1. The molecule has 0 aliphatic heterocycles. The number of hydrogen-bond acceptors (Lipinski definition) is 4. The first kappa shape index (κ1) is 23.0. The monoisotopic (exact) mass is 433 g/mol. The lowest BCUT2D eigenvalue weighted by Crippen LogP contribution is -2.22. The number of carbonyl (C=O) groups is 2. The summed E-state index contributed by atoms with van der Waals surface area (Å²) in [5.74, 6) is -0.636. The van der Waals surface area contributed by atoms with Crippen molar-refractivity contribution in [1.82, 2.24) is 4.57 Å². The van der Waals surface area contributed by atoms with E-state index in [-0.39, 0.29) is 5.78 Å². The van der Waals surface area contributed by atoms with E-state index in [4.69, 9.17) is 9.84 Å². The molecule has 3 rings (SSSR count). The third-order valence-corrected chi connectivity index (χ3v) is 5.05. The second-order valence-corrected chi connectivity index (χ2v) is 8.08. The van der Waals surface area contributed by atoms with Gasteiger partial charge in [0.05, 0.1) is 11.3 Å². The Hall–Kier alpha value is -3.64. The highest BCUT2D eigenvalue weighted by molar-refractivity contribution is 6.08. The number of carboxylic acids is 1. The molecule has 0 bridgehead atoms. The predicted molar refractivity (Wildman–Crippen MR) is 123 cm³/mol. The number of nitrogens with zero attached hydrogens (tertiary/aromatic N) is 1. The van der Waals surface area contributed by atoms with Crippen LogP contribution < -0.4 is 4.74 Å². The highest BCUT2D eigenvalue weighted by Gasteiger charge is 2.18. The van der Waals surface area contributed by atoms with Gasteiger partial charge in [0.2, 0.25) is 5.78 Å². The molecule has 0 radical (unpaired) electrons. The summed E-state index contributed by atoms with van der Waals surface area (Å²) in [6.07, 6.45) is 4.73. The summed E-state index contributed by atoms with van der Waals surface area (Å²) in [4.78, 5) is 23.9. The van der Waals surface area contributed by atoms with Gasteiger partial charge in [-0.1, -0.05) is 48.6 Å². The molecule has 1 heterocycles. The van der Waals surface area contributed by atoms with E-state index in [2.05, 4.69) is 0 Å². The van der Waals surface area contributed by atoms with Crippen molar-refractivity contribution in [3.05, 3.63) is 95.3 Å². The number of aromatic nitrogens is 1. The molecule has 0 saturated carbocycles. The molecule has 0 aliphatic carbocycles. The van der Waals surface area contributed by atoms with E-state index in [0.717, 1.165) is 11.1 Å². The number of allylic oxidation sites excluding steroid dienone is 1. The molecule has 2 aromatic carbocycles. The van der Waals surface area contributed by atoms with E-state index < -0.39 is 17.7 Å². The van der Waals surface area contributed by atoms with Crippen LogP contribution in [0.2, 0.25) is 0 Å². The molecular formula is C26H27NO5. The first-order valence-corrected chi connectivity index (χ1v) is 10.3. The van der Waals surface area contributed by atoms with E-state index in [1.54, 1.807) is 62.4 Å². The first-order valence-electron chi connectivity index (χ1n) is 10.3. The molecule has 166 valence electrons. The molecule has 0 fully saturated rings. The maximum Gasteiger partial charge on any atom is 0.344 e. The van der Waals surface area contributed by atoms with Crippen LogP contribution in [-0.2, 0) is 16.9 Å². The van der Waals surface area contributed by atoms with Crippen LogP contribution in [0.1, 0.15) is 48.0 Å². The largest absolute Gasteiger partial charge is 0.479 e. The highest BCUT2D eigenvalue weighted by Crippen LogP contribution is 2.21. The second-order valence-electron chi connectivity index (χ2n) is 8.08. The van der Waals surface area contributed by atoms with Crippen molar-refractivity contribution < 1.29 is 24.5 Å². The molecule has 32 heavy (non-hydrogen) atoms. The van der Waals surface area contributed by atoms with Crippen molar-refractivity contribution in [2.75, 3.05) is 0 Å². The fourth-order valence-electron chi connectivity index (χ4n) is 3.21. The fraction of sp³-hybridized carbons (Fsp3) is 0.231. The van der Waals surface area contributed by atoms with Gasteiger partial charge in [-0.3, -0.25) is 4.79 Å². The Kier molecular flexibility index (Phi) is 6.95. The zero-order chi connectivity index (χ0) is 23.3. The molecule has 6 heteroatoms. The molecule has 0 aliphatic rings. The van der Waals surface area contributed by atoms with Gasteiger partial charge in [0.1, 0.15) is 5.75 Å². The molecule has 0 amide bonds. The molecule has 2 N–H and O–H groups in total. The van der Waals surface area contributed by atoms with E-state index in [9.17, 15) is 14.7 Å². The summed E-state index contributed by atoms with van der Waals surface area (Å²) < 4.78 is 7.26. The number of ketones is 1. The van der Waals surface area contributed by atoms with Gasteiger partial charge in [-0.2, -0.15) is 0 Å². The minimum absolute atomic E-state index is 0.0937. The Balaban J connectivity index is 1.69. The van der Waals surface area contributed by atoms with Crippen LogP contribution in [-0.4, -0.2) is 32.6 Å². The lowest BCUT2D eigenvalue weighted by molar-refractivity contribution is -0.144. The molecular weight excluding hydrogens is 406 g/mol. The molecule has 0 spiro atoms. The van der Waals surface area contributed by atoms with Gasteiger partial charge in [0, 0.05) is 18.3 Å². The van der Waals surface area contributed by atoms with Crippen LogP contribution in [0, 0.1) is 0 Å². The summed E-state index contributed by atoms with van der Waals surface area (Å²) >= 11 is 0. The van der Waals surface area contributed by atoms with Crippen LogP contribution in [0.4, 0.5) is 0 Å². The van der Waals surface area contributed by atoms with E-state index >= 15 is 0 Å². The maximum absolute atomic E-state index is 13.0. The van der Waals surface area contributed by atoms with Gasteiger partial charge in [-0.25, -0.2) is 4.79 Å². The van der Waals surface area contributed by atoms with Gasteiger partial charge in [0.15, 0.2) is 6.10 Å². The van der Waals surface area contributed by atoms with Crippen molar-refractivity contribution >= 4 is 17.8 Å². The zero-order valence-corrected chi connectivity index (χ0v) is 18.4. The molecule has 0 saturated heterocycles. The number of benzene rings is 2. The second kappa shape index (κ2) is 9.66. The normalized spacial score (nSPS) is 12.6. The van der Waals surface area contributed by atoms with E-state index in [0.29, 0.717) is 23.6 Å². The standard InChI is InChI=1S/C26H27NO5/c1-18(25(29)30)32-22-9-4-7-19(17-22)8-5-15-27-16-6-10-23(27)24(28)20-11-13-21(14-12-20)26(2,3)31/h4-14,16-18,31H,15H2,1-3H3,(H,29,30)/b8-5+. The van der Waals surface area contributed by atoms with E-state index in [1.807, 2.05) is 35.0 Å². The molecule has 1 unspecified atom stereocenters. The number of carbonyl (C=O) groups excluding carboxylic acids is 1. The number of hydrogen-bond donors (Lipinski definition) is 2. The average Bonchev–Trinajstić information content (AvgIpc) is 3.21. The van der Waals surface area contributed by atoms with Gasteiger partial charge in [-0.15, -0.1) is 0 Å². The van der Waals surface area contributed by atoms with Crippen LogP contribution in [0.3, 0.4) is 0 Å². The Morgan fingerprint density at radius 1 is 1.09 bits per heavy atom. The SMILES string of the molecule is CC(Oc1cccc(/C=C/Cn2cccc2C(=O)c2ccc(C(C)(C)O)cc2)c1)C(=O)O. The van der Waals surface area contributed by atoms with Crippen molar-refractivity contribution in [3.8, 4) is 5.75 Å². The van der Waals surface area contributed by atoms with Crippen molar-refractivity contribution in [2.45, 2.75) is 39.0 Å². The minimum atomic E-state index is -1.02. The van der Waals surface area contributed by atoms with Gasteiger partial charge in [0.25, 0.3) is 0 Å². The van der Waals surface area contributed by atoms with Gasteiger partial charge < -0.3 is 19.5 Å². The lowest BCUT2D eigenvalue weighted by atomic mass is 9.96. The summed E-state index contributed by atoms with van der Waals surface area (Å²) in [6.45, 7) is 5.38. The number of rotatable bonds is 9. The summed E-state index contributed by atoms with van der Waals surface area (Å²) in [6, 6.07) is 17.8. The third-order valence-electron chi connectivity index (χ3n) is 5.05. The third kappa shape index (κ3) is 5.74. The predicted octanol–water partition coefficient (Wildman–Crippen LogP) is 4.51. The van der Waals surface area contributed by atoms with Crippen molar-refractivity contribution in [3.63, 3.8) is 0 Å². The maximum atomic E-state index is 13.0. The van der Waals surface area contributed by atoms with E-state index in [1.165, 1.54) is 6.92 Å². The Labute approximate surface area is 187 Å². The molecule has 3 aromatic rings. The average molecular weight is 434 g/mol. The fourth-order valence-corrected chi connectivity index (χ4v) is 3.21. The Morgan fingerprint density at radius 3 is 2.47 bits per heavy atom. The number of aliphatic carboxylic acids is 1. The number of carboxylic acid groups (broad SMARTS) is 1. The van der Waals surface area contributed by atoms with Crippen molar-refractivity contribution in [2.24, 2.45) is 0 Å². The number of aliphatic hydroxyl groups is 1. The van der Waals surface area contributed by atoms with Crippen molar-refractivity contribution in [1.29, 1.82) is 0 Å². The topological polar surface area (TPSA) is 88.8 Å². The van der Waals surface area contributed by atoms with Crippen LogP contribution in [0.5, 0.6) is 5.75 Å². The van der Waals surface area contributed by atoms with Crippen LogP contribution in [0.15, 0.2) is 72.9 Å². The smallest absolute Gasteiger partial charge is 0.344 e. The highest BCUT2D eigenvalue weighted by atomic mass is 16.5. The molecule has 6 nitrogen and oxygen atoms in total.